The number of aryl methyl sites for hydroxylation is 1. The highest BCUT2D eigenvalue weighted by atomic mass is 35.5. The van der Waals surface area contributed by atoms with E-state index < -0.39 is 0 Å². The molecular formula is C22H29ClN4O2. The number of carbonyl (C=O) groups excluding carboxylic acids is 1. The van der Waals surface area contributed by atoms with Crippen LogP contribution in [0.15, 0.2) is 28.8 Å². The standard InChI is InChI=1S/C22H29ClN4O2/c1-15-19(23)4-3-5-20(15)27-10-8-26(9-11-27)7-6-17-12-18(13-17)25-22(28)21-14-24-16(2)29-21/h3-5,14,17-18H,6-13H2,1-2H3,(H,25,28). The Morgan fingerprint density at radius 1 is 1.24 bits per heavy atom. The van der Waals surface area contributed by atoms with E-state index in [9.17, 15) is 4.79 Å². The van der Waals surface area contributed by atoms with Crippen LogP contribution < -0.4 is 10.2 Å². The van der Waals surface area contributed by atoms with E-state index in [2.05, 4.69) is 33.1 Å². The molecule has 4 rings (SSSR count). The largest absolute Gasteiger partial charge is 0.436 e. The van der Waals surface area contributed by atoms with E-state index in [1.807, 2.05) is 12.1 Å². The zero-order valence-electron chi connectivity index (χ0n) is 17.2. The molecule has 29 heavy (non-hydrogen) atoms. The SMILES string of the molecule is Cc1ncc(C(=O)NC2CC(CCN3CCN(c4cccc(Cl)c4C)CC3)C2)o1. The lowest BCUT2D eigenvalue weighted by atomic mass is 9.78. The van der Waals surface area contributed by atoms with Crippen molar-refractivity contribution in [3.8, 4) is 0 Å². The van der Waals surface area contributed by atoms with Gasteiger partial charge in [0, 0.05) is 49.9 Å². The van der Waals surface area contributed by atoms with Gasteiger partial charge in [-0.05, 0) is 56.3 Å². The zero-order chi connectivity index (χ0) is 20.4. The normalized spacial score (nSPS) is 22.4. The van der Waals surface area contributed by atoms with Gasteiger partial charge in [-0.1, -0.05) is 17.7 Å². The molecular weight excluding hydrogens is 388 g/mol. The van der Waals surface area contributed by atoms with Gasteiger partial charge in [-0.25, -0.2) is 4.98 Å². The molecule has 2 fully saturated rings. The number of halogens is 1. The van der Waals surface area contributed by atoms with E-state index in [1.54, 1.807) is 6.92 Å². The van der Waals surface area contributed by atoms with E-state index in [0.29, 0.717) is 17.6 Å². The Kier molecular flexibility index (Phi) is 6.11. The zero-order valence-corrected chi connectivity index (χ0v) is 17.9. The average Bonchev–Trinajstić information content (AvgIpc) is 3.12. The van der Waals surface area contributed by atoms with Crippen LogP contribution in [0.5, 0.6) is 0 Å². The lowest BCUT2D eigenvalue weighted by Crippen LogP contribution is -2.48. The van der Waals surface area contributed by atoms with Gasteiger partial charge in [0.1, 0.15) is 0 Å². The predicted molar refractivity (Wildman–Crippen MR) is 115 cm³/mol. The third-order valence-electron chi connectivity index (χ3n) is 6.22. The fourth-order valence-electron chi connectivity index (χ4n) is 4.33. The topological polar surface area (TPSA) is 61.6 Å². The van der Waals surface area contributed by atoms with Crippen molar-refractivity contribution >= 4 is 23.2 Å². The van der Waals surface area contributed by atoms with E-state index >= 15 is 0 Å². The summed E-state index contributed by atoms with van der Waals surface area (Å²) in [7, 11) is 0. The van der Waals surface area contributed by atoms with E-state index in [0.717, 1.165) is 50.6 Å². The molecule has 2 aromatic rings. The number of aromatic nitrogens is 1. The van der Waals surface area contributed by atoms with Gasteiger partial charge in [0.25, 0.3) is 5.91 Å². The molecule has 156 valence electrons. The maximum Gasteiger partial charge on any atom is 0.288 e. The molecule has 2 heterocycles. The number of nitrogens with one attached hydrogen (secondary N) is 1. The molecule has 1 N–H and O–H groups in total. The highest BCUT2D eigenvalue weighted by molar-refractivity contribution is 6.31. The summed E-state index contributed by atoms with van der Waals surface area (Å²) in [5, 5.41) is 3.89. The molecule has 0 spiro atoms. The molecule has 7 heteroatoms. The number of anilines is 1. The maximum atomic E-state index is 12.1. The summed E-state index contributed by atoms with van der Waals surface area (Å²) in [5.41, 5.74) is 2.43. The second-order valence-corrected chi connectivity index (χ2v) is 8.66. The molecule has 2 aliphatic rings. The van der Waals surface area contributed by atoms with Gasteiger partial charge in [0.15, 0.2) is 5.89 Å². The average molecular weight is 417 g/mol. The quantitative estimate of drug-likeness (QED) is 0.778. The van der Waals surface area contributed by atoms with Crippen LogP contribution in [-0.2, 0) is 0 Å². The van der Waals surface area contributed by atoms with Crippen LogP contribution in [0.4, 0.5) is 5.69 Å². The minimum atomic E-state index is -0.151. The first kappa shape index (κ1) is 20.2. The summed E-state index contributed by atoms with van der Waals surface area (Å²) in [5.74, 6) is 1.37. The van der Waals surface area contributed by atoms with Crippen LogP contribution in [0.25, 0.3) is 0 Å². The minimum Gasteiger partial charge on any atom is -0.436 e. The van der Waals surface area contributed by atoms with Crippen LogP contribution in [0.2, 0.25) is 5.02 Å². The van der Waals surface area contributed by atoms with Gasteiger partial charge in [-0.15, -0.1) is 0 Å². The lowest BCUT2D eigenvalue weighted by molar-refractivity contribution is 0.0848. The van der Waals surface area contributed by atoms with E-state index in [4.69, 9.17) is 16.0 Å². The Balaban J connectivity index is 1.15. The summed E-state index contributed by atoms with van der Waals surface area (Å²) in [4.78, 5) is 21.1. The van der Waals surface area contributed by atoms with E-state index in [-0.39, 0.29) is 11.9 Å². The van der Waals surface area contributed by atoms with Crippen molar-refractivity contribution in [3.63, 3.8) is 0 Å². The van der Waals surface area contributed by atoms with Crippen LogP contribution in [0.1, 0.15) is 41.3 Å². The molecule has 0 radical (unpaired) electrons. The Hall–Kier alpha value is -2.05. The van der Waals surface area contributed by atoms with Crippen LogP contribution in [0, 0.1) is 19.8 Å². The number of hydrogen-bond acceptors (Lipinski definition) is 5. The first-order valence-corrected chi connectivity index (χ1v) is 10.8. The Bertz CT molecular complexity index is 854. The van der Waals surface area contributed by atoms with Crippen molar-refractivity contribution in [1.29, 1.82) is 0 Å². The van der Waals surface area contributed by atoms with Crippen LogP contribution in [0.3, 0.4) is 0 Å². The fourth-order valence-corrected chi connectivity index (χ4v) is 4.50. The number of hydrogen-bond donors (Lipinski definition) is 1. The van der Waals surface area contributed by atoms with E-state index in [1.165, 1.54) is 23.9 Å². The first-order chi connectivity index (χ1) is 14.0. The van der Waals surface area contributed by atoms with Gasteiger partial charge in [0.2, 0.25) is 5.76 Å². The maximum absolute atomic E-state index is 12.1. The second kappa shape index (κ2) is 8.76. The molecule has 0 atom stereocenters. The molecule has 1 aliphatic heterocycles. The van der Waals surface area contributed by atoms with Crippen molar-refractivity contribution in [2.45, 2.75) is 39.2 Å². The number of amides is 1. The van der Waals surface area contributed by atoms with Gasteiger partial charge in [-0.3, -0.25) is 9.69 Å². The van der Waals surface area contributed by atoms with Crippen LogP contribution >= 0.6 is 11.6 Å². The number of rotatable bonds is 6. The number of nitrogens with zero attached hydrogens (tertiary/aromatic N) is 3. The molecule has 1 saturated heterocycles. The molecule has 6 nitrogen and oxygen atoms in total. The van der Waals surface area contributed by atoms with Gasteiger partial charge >= 0.3 is 0 Å². The number of oxazole rings is 1. The third kappa shape index (κ3) is 4.75. The van der Waals surface area contributed by atoms with Crippen molar-refractivity contribution in [3.05, 3.63) is 46.6 Å². The summed E-state index contributed by atoms with van der Waals surface area (Å²) in [6.45, 7) is 9.23. The monoisotopic (exact) mass is 416 g/mol. The molecule has 1 saturated carbocycles. The highest BCUT2D eigenvalue weighted by Gasteiger charge is 2.31. The van der Waals surface area contributed by atoms with Gasteiger partial charge < -0.3 is 14.6 Å². The Labute approximate surface area is 177 Å². The van der Waals surface area contributed by atoms with Crippen LogP contribution in [-0.4, -0.2) is 54.6 Å². The smallest absolute Gasteiger partial charge is 0.288 e. The first-order valence-electron chi connectivity index (χ1n) is 10.5. The van der Waals surface area contributed by atoms with Gasteiger partial charge in [-0.2, -0.15) is 0 Å². The predicted octanol–water partition coefficient (Wildman–Crippen LogP) is 3.67. The van der Waals surface area contributed by atoms with Crippen molar-refractivity contribution in [1.82, 2.24) is 15.2 Å². The third-order valence-corrected chi connectivity index (χ3v) is 6.63. The molecule has 1 amide bonds. The number of piperazine rings is 1. The molecule has 0 bridgehead atoms. The molecule has 1 aromatic heterocycles. The summed E-state index contributed by atoms with van der Waals surface area (Å²) in [6.07, 6.45) is 4.80. The molecule has 1 aliphatic carbocycles. The van der Waals surface area contributed by atoms with Gasteiger partial charge in [0.05, 0.1) is 6.20 Å². The fraction of sp³-hybridized carbons (Fsp3) is 0.545. The Morgan fingerprint density at radius 3 is 2.69 bits per heavy atom. The summed E-state index contributed by atoms with van der Waals surface area (Å²) < 4.78 is 5.28. The number of benzene rings is 1. The second-order valence-electron chi connectivity index (χ2n) is 8.25. The van der Waals surface area contributed by atoms with Crippen molar-refractivity contribution in [2.24, 2.45) is 5.92 Å². The lowest BCUT2D eigenvalue weighted by Gasteiger charge is -2.40. The minimum absolute atomic E-state index is 0.151. The summed E-state index contributed by atoms with van der Waals surface area (Å²) >= 11 is 6.28. The Morgan fingerprint density at radius 2 is 2.00 bits per heavy atom. The van der Waals surface area contributed by atoms with Crippen molar-refractivity contribution < 1.29 is 9.21 Å². The summed E-state index contributed by atoms with van der Waals surface area (Å²) in [6, 6.07) is 6.42. The molecule has 0 unspecified atom stereocenters. The number of carbonyl (C=O) groups is 1. The molecule has 1 aromatic carbocycles. The highest BCUT2D eigenvalue weighted by Crippen LogP contribution is 2.31. The van der Waals surface area contributed by atoms with Crippen molar-refractivity contribution in [2.75, 3.05) is 37.6 Å².